The summed E-state index contributed by atoms with van der Waals surface area (Å²) in [4.78, 5) is 22.4. The minimum atomic E-state index is -4.43. The Morgan fingerprint density at radius 1 is 1.25 bits per heavy atom. The average molecular weight is 287 g/mol. The summed E-state index contributed by atoms with van der Waals surface area (Å²) in [7, 11) is 0. The Hall–Kier alpha value is -2.06. The van der Waals surface area contributed by atoms with Gasteiger partial charge in [-0.05, 0) is 0 Å². The van der Waals surface area contributed by atoms with Crippen LogP contribution < -0.4 is 10.2 Å². The summed E-state index contributed by atoms with van der Waals surface area (Å²) in [6.07, 6.45) is -2.87. The standard InChI is InChI=1S/C11H12F3N5O/c12-11(13,14)7-3-16-9(17-4-7)18-5-8(6-18)19-2-1-15-10(19)20/h3-4,8H,1-2,5-6H2,(H,15,20). The largest absolute Gasteiger partial charge is 0.419 e. The molecule has 108 valence electrons. The van der Waals surface area contributed by atoms with Crippen molar-refractivity contribution in [3.8, 4) is 0 Å². The molecular formula is C11H12F3N5O. The van der Waals surface area contributed by atoms with Gasteiger partial charge in [-0.2, -0.15) is 13.2 Å². The molecule has 0 radical (unpaired) electrons. The van der Waals surface area contributed by atoms with Crippen molar-refractivity contribution in [2.75, 3.05) is 31.1 Å². The van der Waals surface area contributed by atoms with Crippen molar-refractivity contribution in [1.82, 2.24) is 20.2 Å². The van der Waals surface area contributed by atoms with Crippen molar-refractivity contribution >= 4 is 12.0 Å². The van der Waals surface area contributed by atoms with Gasteiger partial charge in [0.2, 0.25) is 5.95 Å². The second-order valence-corrected chi connectivity index (χ2v) is 4.75. The van der Waals surface area contributed by atoms with Crippen LogP contribution in [0.25, 0.3) is 0 Å². The molecule has 0 atom stereocenters. The third-order valence-corrected chi connectivity index (χ3v) is 3.44. The molecule has 0 bridgehead atoms. The zero-order valence-electron chi connectivity index (χ0n) is 10.4. The minimum Gasteiger partial charge on any atom is -0.337 e. The molecule has 0 spiro atoms. The number of halogens is 3. The highest BCUT2D eigenvalue weighted by Crippen LogP contribution is 2.29. The predicted octanol–water partition coefficient (Wildman–Crippen LogP) is 0.709. The first kappa shape index (κ1) is 12.9. The summed E-state index contributed by atoms with van der Waals surface area (Å²) < 4.78 is 37.1. The Morgan fingerprint density at radius 3 is 2.40 bits per heavy atom. The van der Waals surface area contributed by atoms with Crippen LogP contribution in [0.1, 0.15) is 5.56 Å². The predicted molar refractivity (Wildman–Crippen MR) is 63.1 cm³/mol. The van der Waals surface area contributed by atoms with Crippen LogP contribution in [-0.2, 0) is 6.18 Å². The molecule has 2 amide bonds. The van der Waals surface area contributed by atoms with Crippen molar-refractivity contribution in [3.05, 3.63) is 18.0 Å². The van der Waals surface area contributed by atoms with Crippen LogP contribution in [0.2, 0.25) is 0 Å². The van der Waals surface area contributed by atoms with Gasteiger partial charge in [-0.3, -0.25) is 0 Å². The molecule has 6 nitrogen and oxygen atoms in total. The quantitative estimate of drug-likeness (QED) is 0.870. The van der Waals surface area contributed by atoms with E-state index in [1.807, 2.05) is 0 Å². The van der Waals surface area contributed by atoms with Gasteiger partial charge in [-0.25, -0.2) is 14.8 Å². The SMILES string of the molecule is O=C1NCCN1C1CN(c2ncc(C(F)(F)F)cn2)C1. The number of carbonyl (C=O) groups excluding carboxylic acids is 1. The molecule has 0 unspecified atom stereocenters. The number of nitrogens with one attached hydrogen (secondary N) is 1. The van der Waals surface area contributed by atoms with Gasteiger partial charge in [0.05, 0.1) is 11.6 Å². The zero-order chi connectivity index (χ0) is 14.3. The normalized spacial score (nSPS) is 20.1. The summed E-state index contributed by atoms with van der Waals surface area (Å²) in [5.74, 6) is 0.258. The number of amides is 2. The fourth-order valence-corrected chi connectivity index (χ4v) is 2.28. The average Bonchev–Trinajstić information content (AvgIpc) is 2.73. The van der Waals surface area contributed by atoms with E-state index in [0.717, 1.165) is 12.4 Å². The minimum absolute atomic E-state index is 0.0726. The van der Waals surface area contributed by atoms with E-state index in [9.17, 15) is 18.0 Å². The van der Waals surface area contributed by atoms with E-state index >= 15 is 0 Å². The summed E-state index contributed by atoms with van der Waals surface area (Å²) in [5, 5.41) is 2.71. The van der Waals surface area contributed by atoms with E-state index in [2.05, 4.69) is 15.3 Å². The summed E-state index contributed by atoms with van der Waals surface area (Å²) in [6.45, 7) is 2.37. The molecule has 0 saturated carbocycles. The molecule has 20 heavy (non-hydrogen) atoms. The van der Waals surface area contributed by atoms with Crippen LogP contribution in [0, 0.1) is 0 Å². The number of anilines is 1. The highest BCUT2D eigenvalue weighted by molar-refractivity contribution is 5.77. The van der Waals surface area contributed by atoms with Crippen LogP contribution >= 0.6 is 0 Å². The van der Waals surface area contributed by atoms with E-state index in [4.69, 9.17) is 0 Å². The number of nitrogens with zero attached hydrogens (tertiary/aromatic N) is 4. The first-order valence-corrected chi connectivity index (χ1v) is 6.14. The molecule has 0 aliphatic carbocycles. The Labute approximate surface area is 112 Å². The van der Waals surface area contributed by atoms with Gasteiger partial charge in [0.1, 0.15) is 0 Å². The first-order valence-electron chi connectivity index (χ1n) is 6.14. The van der Waals surface area contributed by atoms with E-state index in [0.29, 0.717) is 26.2 Å². The Kier molecular flexibility index (Phi) is 2.91. The van der Waals surface area contributed by atoms with Crippen molar-refractivity contribution in [2.24, 2.45) is 0 Å². The molecule has 1 aromatic rings. The summed E-state index contributed by atoms with van der Waals surface area (Å²) >= 11 is 0. The van der Waals surface area contributed by atoms with Crippen molar-refractivity contribution in [1.29, 1.82) is 0 Å². The third-order valence-electron chi connectivity index (χ3n) is 3.44. The second kappa shape index (κ2) is 4.50. The first-order chi connectivity index (χ1) is 9.45. The lowest BCUT2D eigenvalue weighted by molar-refractivity contribution is -0.138. The lowest BCUT2D eigenvalue weighted by atomic mass is 10.1. The molecule has 1 N–H and O–H groups in total. The van der Waals surface area contributed by atoms with Crippen LogP contribution in [0.4, 0.5) is 23.9 Å². The molecule has 0 aromatic carbocycles. The van der Waals surface area contributed by atoms with Gasteiger partial charge >= 0.3 is 12.2 Å². The molecule has 3 rings (SSSR count). The molecule has 1 aromatic heterocycles. The molecule has 2 aliphatic rings. The smallest absolute Gasteiger partial charge is 0.337 e. The Morgan fingerprint density at radius 2 is 1.90 bits per heavy atom. The number of carbonyl (C=O) groups is 1. The van der Waals surface area contributed by atoms with Crippen molar-refractivity contribution in [3.63, 3.8) is 0 Å². The van der Waals surface area contributed by atoms with E-state index in [1.54, 1.807) is 9.80 Å². The number of urea groups is 1. The van der Waals surface area contributed by atoms with Crippen molar-refractivity contribution < 1.29 is 18.0 Å². The molecule has 9 heteroatoms. The van der Waals surface area contributed by atoms with Gasteiger partial charge < -0.3 is 15.1 Å². The number of rotatable bonds is 2. The Bertz CT molecular complexity index is 512. The van der Waals surface area contributed by atoms with Gasteiger partial charge in [0, 0.05) is 38.6 Å². The molecule has 2 saturated heterocycles. The molecule has 3 heterocycles. The monoisotopic (exact) mass is 287 g/mol. The number of hydrogen-bond donors (Lipinski definition) is 1. The van der Waals surface area contributed by atoms with Crippen molar-refractivity contribution in [2.45, 2.75) is 12.2 Å². The topological polar surface area (TPSA) is 61.4 Å². The van der Waals surface area contributed by atoms with Crippen LogP contribution in [0.15, 0.2) is 12.4 Å². The van der Waals surface area contributed by atoms with Gasteiger partial charge in [-0.1, -0.05) is 0 Å². The van der Waals surface area contributed by atoms with Gasteiger partial charge in [0.25, 0.3) is 0 Å². The van der Waals surface area contributed by atoms with E-state index in [-0.39, 0.29) is 18.0 Å². The summed E-state index contributed by atoms with van der Waals surface area (Å²) in [6, 6.07) is -0.0219. The molecular weight excluding hydrogens is 275 g/mol. The summed E-state index contributed by atoms with van der Waals surface area (Å²) in [5.41, 5.74) is -0.864. The van der Waals surface area contributed by atoms with E-state index < -0.39 is 11.7 Å². The molecule has 2 fully saturated rings. The third kappa shape index (κ3) is 2.23. The maximum Gasteiger partial charge on any atom is 0.419 e. The van der Waals surface area contributed by atoms with Gasteiger partial charge in [-0.15, -0.1) is 0 Å². The number of alkyl halides is 3. The highest BCUT2D eigenvalue weighted by Gasteiger charge is 2.38. The lowest BCUT2D eigenvalue weighted by Gasteiger charge is -2.43. The molecule has 2 aliphatic heterocycles. The number of aromatic nitrogens is 2. The Balaban J connectivity index is 1.61. The van der Waals surface area contributed by atoms with Crippen LogP contribution in [0.3, 0.4) is 0 Å². The van der Waals surface area contributed by atoms with Crippen LogP contribution in [0.5, 0.6) is 0 Å². The van der Waals surface area contributed by atoms with E-state index in [1.165, 1.54) is 0 Å². The van der Waals surface area contributed by atoms with Gasteiger partial charge in [0.15, 0.2) is 0 Å². The zero-order valence-corrected chi connectivity index (χ0v) is 10.4. The lowest BCUT2D eigenvalue weighted by Crippen LogP contribution is -2.60. The number of hydrogen-bond acceptors (Lipinski definition) is 4. The maximum absolute atomic E-state index is 12.4. The maximum atomic E-state index is 12.4. The fourth-order valence-electron chi connectivity index (χ4n) is 2.28. The highest BCUT2D eigenvalue weighted by atomic mass is 19.4. The van der Waals surface area contributed by atoms with Crippen LogP contribution in [-0.4, -0.2) is 53.1 Å². The second-order valence-electron chi connectivity index (χ2n) is 4.75. The fraction of sp³-hybridized carbons (Fsp3) is 0.545.